The monoisotopic (exact) mass is 269 g/mol. The van der Waals surface area contributed by atoms with Gasteiger partial charge in [-0.3, -0.25) is 4.79 Å². The third kappa shape index (κ3) is 6.35. The van der Waals surface area contributed by atoms with Crippen molar-refractivity contribution in [2.75, 3.05) is 13.7 Å². The first-order valence-corrected chi connectivity index (χ1v) is 6.63. The minimum atomic E-state index is -0.929. The summed E-state index contributed by atoms with van der Waals surface area (Å²) in [6.07, 6.45) is 6.81. The zero-order chi connectivity index (χ0) is 14.1. The van der Waals surface area contributed by atoms with E-state index in [0.717, 1.165) is 50.2 Å². The largest absolute Gasteiger partial charge is 0.480 e. The van der Waals surface area contributed by atoms with Crippen LogP contribution in [0.3, 0.4) is 0 Å². The molecule has 1 rings (SSSR count). The molecule has 0 radical (unpaired) electrons. The van der Waals surface area contributed by atoms with Crippen molar-refractivity contribution in [3.05, 3.63) is 17.7 Å². The van der Waals surface area contributed by atoms with Gasteiger partial charge in [0.15, 0.2) is 0 Å². The Morgan fingerprint density at radius 3 is 2.95 bits per heavy atom. The van der Waals surface area contributed by atoms with Gasteiger partial charge in [-0.2, -0.15) is 0 Å². The van der Waals surface area contributed by atoms with Crippen molar-refractivity contribution in [3.8, 4) is 0 Å². The Balaban J connectivity index is 2.17. The Morgan fingerprint density at radius 2 is 2.26 bits per heavy atom. The standard InChI is InChI=1S/C13H23N3O3/c1-19-8-4-7-12-15-9-10(16-12)5-2-3-6-11(14)13(17)18/h9,11H,2-8,14H2,1H3,(H,15,16)(H,17,18)/t11-/m1/s1. The van der Waals surface area contributed by atoms with Crippen molar-refractivity contribution in [2.24, 2.45) is 5.73 Å². The van der Waals surface area contributed by atoms with Crippen LogP contribution in [0.4, 0.5) is 0 Å². The number of ether oxygens (including phenoxy) is 1. The predicted molar refractivity (Wildman–Crippen MR) is 72.0 cm³/mol. The lowest BCUT2D eigenvalue weighted by Crippen LogP contribution is -2.29. The number of H-pyrrole nitrogens is 1. The number of aryl methyl sites for hydroxylation is 2. The summed E-state index contributed by atoms with van der Waals surface area (Å²) in [6.45, 7) is 0.739. The van der Waals surface area contributed by atoms with Gasteiger partial charge in [0.05, 0.1) is 0 Å². The van der Waals surface area contributed by atoms with Gasteiger partial charge in [0.1, 0.15) is 11.9 Å². The van der Waals surface area contributed by atoms with Crippen molar-refractivity contribution in [2.45, 2.75) is 44.6 Å². The third-order valence-corrected chi connectivity index (χ3v) is 2.97. The second-order valence-corrected chi connectivity index (χ2v) is 4.64. The molecular formula is C13H23N3O3. The van der Waals surface area contributed by atoms with Gasteiger partial charge in [0.25, 0.3) is 0 Å². The molecular weight excluding hydrogens is 246 g/mol. The number of nitrogens with one attached hydrogen (secondary N) is 1. The molecule has 1 aromatic heterocycles. The highest BCUT2D eigenvalue weighted by molar-refractivity contribution is 5.72. The van der Waals surface area contributed by atoms with Crippen LogP contribution in [0.1, 0.15) is 37.2 Å². The van der Waals surface area contributed by atoms with Crippen molar-refractivity contribution in [1.82, 2.24) is 9.97 Å². The van der Waals surface area contributed by atoms with Gasteiger partial charge in [-0.25, -0.2) is 4.98 Å². The average molecular weight is 269 g/mol. The van der Waals surface area contributed by atoms with E-state index in [9.17, 15) is 4.79 Å². The second-order valence-electron chi connectivity index (χ2n) is 4.64. The molecule has 0 spiro atoms. The highest BCUT2D eigenvalue weighted by Gasteiger charge is 2.10. The van der Waals surface area contributed by atoms with Gasteiger partial charge in [-0.15, -0.1) is 0 Å². The lowest BCUT2D eigenvalue weighted by Gasteiger charge is -2.04. The number of methoxy groups -OCH3 is 1. The maximum atomic E-state index is 10.5. The molecule has 19 heavy (non-hydrogen) atoms. The normalized spacial score (nSPS) is 12.5. The Hall–Kier alpha value is -1.40. The quantitative estimate of drug-likeness (QED) is 0.552. The van der Waals surface area contributed by atoms with Crippen LogP contribution in [0.25, 0.3) is 0 Å². The number of carboxylic acids is 1. The van der Waals surface area contributed by atoms with Crippen LogP contribution in [0.5, 0.6) is 0 Å². The summed E-state index contributed by atoms with van der Waals surface area (Å²) in [4.78, 5) is 18.1. The molecule has 108 valence electrons. The fourth-order valence-corrected chi connectivity index (χ4v) is 1.85. The van der Waals surface area contributed by atoms with Gasteiger partial charge in [0.2, 0.25) is 0 Å². The molecule has 0 unspecified atom stereocenters. The number of nitrogens with zero attached hydrogens (tertiary/aromatic N) is 1. The first-order chi connectivity index (χ1) is 9.13. The van der Waals surface area contributed by atoms with Crippen LogP contribution < -0.4 is 5.73 Å². The average Bonchev–Trinajstić information content (AvgIpc) is 2.82. The maximum absolute atomic E-state index is 10.5. The lowest BCUT2D eigenvalue weighted by atomic mass is 10.1. The van der Waals surface area contributed by atoms with E-state index < -0.39 is 12.0 Å². The molecule has 6 nitrogen and oxygen atoms in total. The molecule has 0 aliphatic rings. The Labute approximate surface area is 113 Å². The third-order valence-electron chi connectivity index (χ3n) is 2.97. The molecule has 0 aliphatic carbocycles. The van der Waals surface area contributed by atoms with Crippen molar-refractivity contribution < 1.29 is 14.6 Å². The molecule has 0 fully saturated rings. The SMILES string of the molecule is COCCCc1ncc(CCCC[C@@H](N)C(=O)O)[nH]1. The van der Waals surface area contributed by atoms with Crippen LogP contribution in [0.15, 0.2) is 6.20 Å². The molecule has 0 saturated heterocycles. The maximum Gasteiger partial charge on any atom is 0.320 e. The van der Waals surface area contributed by atoms with Gasteiger partial charge >= 0.3 is 5.97 Å². The molecule has 4 N–H and O–H groups in total. The summed E-state index contributed by atoms with van der Waals surface area (Å²) in [6, 6.07) is -0.744. The minimum absolute atomic E-state index is 0.518. The summed E-state index contributed by atoms with van der Waals surface area (Å²) >= 11 is 0. The zero-order valence-corrected chi connectivity index (χ0v) is 11.4. The highest BCUT2D eigenvalue weighted by Crippen LogP contribution is 2.07. The van der Waals surface area contributed by atoms with Crippen LogP contribution >= 0.6 is 0 Å². The van der Waals surface area contributed by atoms with E-state index >= 15 is 0 Å². The molecule has 1 aromatic rings. The first-order valence-electron chi connectivity index (χ1n) is 6.63. The minimum Gasteiger partial charge on any atom is -0.480 e. The molecule has 0 bridgehead atoms. The summed E-state index contributed by atoms with van der Waals surface area (Å²) in [5, 5.41) is 8.65. The summed E-state index contributed by atoms with van der Waals surface area (Å²) in [7, 11) is 1.69. The van der Waals surface area contributed by atoms with Gasteiger partial charge in [-0.05, 0) is 25.7 Å². The Morgan fingerprint density at radius 1 is 1.47 bits per heavy atom. The molecule has 1 atom stereocenters. The fourth-order valence-electron chi connectivity index (χ4n) is 1.85. The number of carboxylic acid groups (broad SMARTS) is 1. The predicted octanol–water partition coefficient (Wildman–Crippen LogP) is 1.11. The molecule has 6 heteroatoms. The van der Waals surface area contributed by atoms with E-state index in [2.05, 4.69) is 9.97 Å². The van der Waals surface area contributed by atoms with E-state index in [0.29, 0.717) is 6.42 Å². The summed E-state index contributed by atoms with van der Waals surface area (Å²) in [5.41, 5.74) is 6.53. The van der Waals surface area contributed by atoms with Gasteiger partial charge in [-0.1, -0.05) is 6.42 Å². The number of nitrogens with two attached hydrogens (primary N) is 1. The van der Waals surface area contributed by atoms with Crippen LogP contribution in [-0.2, 0) is 22.4 Å². The van der Waals surface area contributed by atoms with Crippen molar-refractivity contribution in [1.29, 1.82) is 0 Å². The fraction of sp³-hybridized carbons (Fsp3) is 0.692. The Kier molecular flexibility index (Phi) is 7.14. The summed E-state index contributed by atoms with van der Waals surface area (Å²) < 4.78 is 4.99. The number of hydrogen-bond acceptors (Lipinski definition) is 4. The van der Waals surface area contributed by atoms with Crippen LogP contribution in [-0.4, -0.2) is 40.8 Å². The molecule has 0 aromatic carbocycles. The zero-order valence-electron chi connectivity index (χ0n) is 11.4. The van der Waals surface area contributed by atoms with Crippen molar-refractivity contribution in [3.63, 3.8) is 0 Å². The van der Waals surface area contributed by atoms with E-state index in [1.54, 1.807) is 7.11 Å². The highest BCUT2D eigenvalue weighted by atomic mass is 16.5. The number of imidazole rings is 1. The number of aromatic amines is 1. The van der Waals surface area contributed by atoms with Gasteiger partial charge in [0, 0.05) is 32.0 Å². The molecule has 1 heterocycles. The topological polar surface area (TPSA) is 101 Å². The van der Waals surface area contributed by atoms with Crippen LogP contribution in [0, 0.1) is 0 Å². The number of aliphatic carboxylic acids is 1. The number of aromatic nitrogens is 2. The number of rotatable bonds is 10. The summed E-state index contributed by atoms with van der Waals surface area (Å²) in [5.74, 6) is 0.0521. The van der Waals surface area contributed by atoms with E-state index in [1.165, 1.54) is 0 Å². The smallest absolute Gasteiger partial charge is 0.320 e. The molecule has 0 aliphatic heterocycles. The first kappa shape index (κ1) is 15.7. The lowest BCUT2D eigenvalue weighted by molar-refractivity contribution is -0.138. The molecule has 0 saturated carbocycles. The number of unbranched alkanes of at least 4 members (excludes halogenated alkanes) is 1. The Bertz CT molecular complexity index is 379. The van der Waals surface area contributed by atoms with E-state index in [-0.39, 0.29) is 0 Å². The van der Waals surface area contributed by atoms with E-state index in [1.807, 2.05) is 6.20 Å². The van der Waals surface area contributed by atoms with Crippen LogP contribution in [0.2, 0.25) is 0 Å². The molecule has 0 amide bonds. The second kappa shape index (κ2) is 8.66. The van der Waals surface area contributed by atoms with Gasteiger partial charge < -0.3 is 20.6 Å². The van der Waals surface area contributed by atoms with Crippen molar-refractivity contribution >= 4 is 5.97 Å². The number of carbonyl (C=O) groups is 1. The number of hydrogen-bond donors (Lipinski definition) is 3. The van der Waals surface area contributed by atoms with E-state index in [4.69, 9.17) is 15.6 Å².